The third-order valence-corrected chi connectivity index (χ3v) is 4.50. The van der Waals surface area contributed by atoms with Crippen molar-refractivity contribution >= 4 is 23.2 Å². The quantitative estimate of drug-likeness (QED) is 0.776. The minimum atomic E-state index is -0.372. The summed E-state index contributed by atoms with van der Waals surface area (Å²) in [6, 6.07) is 5.15. The van der Waals surface area contributed by atoms with E-state index in [1.807, 2.05) is 6.92 Å². The number of carbonyl (C=O) groups is 2. The van der Waals surface area contributed by atoms with Gasteiger partial charge in [-0.05, 0) is 50.1 Å². The summed E-state index contributed by atoms with van der Waals surface area (Å²) in [5.41, 5.74) is 2.08. The van der Waals surface area contributed by atoms with Gasteiger partial charge < -0.3 is 20.8 Å². The number of carbonyl (C=O) groups excluding carboxylic acids is 2. The molecule has 1 spiro atoms. The SMILES string of the molecule is CNC(=O)c1ccc(NC(=O)C2=NOC3(CCCNC3)C2)c(C)c1. The molecule has 0 aliphatic carbocycles. The summed E-state index contributed by atoms with van der Waals surface area (Å²) in [6.45, 7) is 3.54. The molecule has 3 N–H and O–H groups in total. The summed E-state index contributed by atoms with van der Waals surface area (Å²) < 4.78 is 0. The Bertz CT molecular complexity index is 693. The third-order valence-electron chi connectivity index (χ3n) is 4.50. The second-order valence-corrected chi connectivity index (χ2v) is 6.33. The van der Waals surface area contributed by atoms with Crippen LogP contribution in [-0.2, 0) is 9.63 Å². The highest BCUT2D eigenvalue weighted by molar-refractivity contribution is 6.43. The number of nitrogens with one attached hydrogen (secondary N) is 3. The topological polar surface area (TPSA) is 91.8 Å². The van der Waals surface area contributed by atoms with Crippen molar-refractivity contribution in [2.24, 2.45) is 5.16 Å². The molecule has 24 heavy (non-hydrogen) atoms. The van der Waals surface area contributed by atoms with E-state index in [2.05, 4.69) is 21.1 Å². The normalized spacial score (nSPS) is 22.7. The number of anilines is 1. The summed E-state index contributed by atoms with van der Waals surface area (Å²) in [4.78, 5) is 29.6. The van der Waals surface area contributed by atoms with Gasteiger partial charge in [-0.3, -0.25) is 9.59 Å². The lowest BCUT2D eigenvalue weighted by Crippen LogP contribution is -2.46. The maximum absolute atomic E-state index is 12.4. The first-order valence-corrected chi connectivity index (χ1v) is 8.13. The molecule has 1 saturated heterocycles. The molecule has 7 heteroatoms. The summed E-state index contributed by atoms with van der Waals surface area (Å²) >= 11 is 0. The summed E-state index contributed by atoms with van der Waals surface area (Å²) in [7, 11) is 1.58. The molecule has 1 unspecified atom stereocenters. The number of hydrogen-bond donors (Lipinski definition) is 3. The maximum Gasteiger partial charge on any atom is 0.273 e. The molecular formula is C17H22N4O3. The highest BCUT2D eigenvalue weighted by atomic mass is 16.7. The second kappa shape index (κ2) is 6.60. The molecule has 2 heterocycles. The summed E-state index contributed by atoms with van der Waals surface area (Å²) in [5, 5.41) is 12.7. The van der Waals surface area contributed by atoms with E-state index >= 15 is 0 Å². The first-order valence-electron chi connectivity index (χ1n) is 8.13. The third kappa shape index (κ3) is 3.26. The Hall–Kier alpha value is -2.41. The van der Waals surface area contributed by atoms with Crippen LogP contribution < -0.4 is 16.0 Å². The van der Waals surface area contributed by atoms with Gasteiger partial charge in [0.25, 0.3) is 11.8 Å². The molecule has 2 aliphatic heterocycles. The highest BCUT2D eigenvalue weighted by Crippen LogP contribution is 2.31. The maximum atomic E-state index is 12.4. The van der Waals surface area contributed by atoms with Crippen molar-refractivity contribution in [1.82, 2.24) is 10.6 Å². The van der Waals surface area contributed by atoms with E-state index in [4.69, 9.17) is 4.84 Å². The standard InChI is InChI=1S/C17H22N4O3/c1-11-8-12(15(22)18-2)4-5-13(11)20-16(23)14-9-17(24-21-14)6-3-7-19-10-17/h4-5,8,19H,3,6-7,9-10H2,1-2H3,(H,18,22)(H,20,23). The van der Waals surface area contributed by atoms with Crippen molar-refractivity contribution in [2.45, 2.75) is 31.8 Å². The molecule has 1 fully saturated rings. The number of nitrogens with zero attached hydrogens (tertiary/aromatic N) is 1. The van der Waals surface area contributed by atoms with Crippen LogP contribution in [0.1, 0.15) is 35.2 Å². The molecule has 1 aromatic carbocycles. The Labute approximate surface area is 140 Å². The van der Waals surface area contributed by atoms with E-state index in [0.29, 0.717) is 29.9 Å². The van der Waals surface area contributed by atoms with Crippen molar-refractivity contribution in [3.05, 3.63) is 29.3 Å². The number of benzene rings is 1. The van der Waals surface area contributed by atoms with Crippen LogP contribution in [0.5, 0.6) is 0 Å². The minimum absolute atomic E-state index is 0.156. The molecular weight excluding hydrogens is 308 g/mol. The Morgan fingerprint density at radius 3 is 2.83 bits per heavy atom. The van der Waals surface area contributed by atoms with Crippen LogP contribution >= 0.6 is 0 Å². The van der Waals surface area contributed by atoms with Gasteiger partial charge in [-0.1, -0.05) is 5.16 Å². The zero-order chi connectivity index (χ0) is 17.2. The fraction of sp³-hybridized carbons (Fsp3) is 0.471. The number of hydrogen-bond acceptors (Lipinski definition) is 5. The number of amides is 2. The number of aryl methyl sites for hydroxylation is 1. The average molecular weight is 330 g/mol. The molecule has 2 aliphatic rings. The Morgan fingerprint density at radius 2 is 2.17 bits per heavy atom. The van der Waals surface area contributed by atoms with Gasteiger partial charge >= 0.3 is 0 Å². The Kier molecular flexibility index (Phi) is 4.53. The minimum Gasteiger partial charge on any atom is -0.387 e. The lowest BCUT2D eigenvalue weighted by molar-refractivity contribution is -0.110. The van der Waals surface area contributed by atoms with Gasteiger partial charge in [0.2, 0.25) is 0 Å². The van der Waals surface area contributed by atoms with Gasteiger partial charge in [0, 0.05) is 31.3 Å². The molecule has 1 atom stereocenters. The van der Waals surface area contributed by atoms with Crippen LogP contribution in [-0.4, -0.2) is 43.3 Å². The van der Waals surface area contributed by atoms with E-state index in [-0.39, 0.29) is 17.4 Å². The van der Waals surface area contributed by atoms with Gasteiger partial charge in [0.15, 0.2) is 5.60 Å². The van der Waals surface area contributed by atoms with Gasteiger partial charge in [-0.15, -0.1) is 0 Å². The monoisotopic (exact) mass is 330 g/mol. The van der Waals surface area contributed by atoms with Crippen LogP contribution in [0, 0.1) is 6.92 Å². The first kappa shape index (κ1) is 16.4. The first-order chi connectivity index (χ1) is 11.5. The molecule has 0 bridgehead atoms. The smallest absolute Gasteiger partial charge is 0.273 e. The predicted molar refractivity (Wildman–Crippen MR) is 91.2 cm³/mol. The molecule has 7 nitrogen and oxygen atoms in total. The van der Waals surface area contributed by atoms with Crippen LogP contribution in [0.4, 0.5) is 5.69 Å². The largest absolute Gasteiger partial charge is 0.387 e. The molecule has 128 valence electrons. The van der Waals surface area contributed by atoms with Gasteiger partial charge in [-0.2, -0.15) is 0 Å². The fourth-order valence-corrected chi connectivity index (χ4v) is 3.10. The molecule has 1 aromatic rings. The zero-order valence-corrected chi connectivity index (χ0v) is 13.9. The predicted octanol–water partition coefficient (Wildman–Crippen LogP) is 1.19. The van der Waals surface area contributed by atoms with Crippen LogP contribution in [0.25, 0.3) is 0 Å². The van der Waals surface area contributed by atoms with Gasteiger partial charge in [0.05, 0.1) is 0 Å². The number of piperidine rings is 1. The van der Waals surface area contributed by atoms with E-state index in [1.165, 1.54) is 0 Å². The molecule has 3 rings (SSSR count). The second-order valence-electron chi connectivity index (χ2n) is 6.33. The van der Waals surface area contributed by atoms with Crippen molar-refractivity contribution in [2.75, 3.05) is 25.5 Å². The van der Waals surface area contributed by atoms with E-state index < -0.39 is 0 Å². The molecule has 2 amide bonds. The lowest BCUT2D eigenvalue weighted by atomic mass is 9.89. The van der Waals surface area contributed by atoms with E-state index in [1.54, 1.807) is 25.2 Å². The molecule has 0 saturated carbocycles. The van der Waals surface area contributed by atoms with Crippen molar-refractivity contribution in [1.29, 1.82) is 0 Å². The van der Waals surface area contributed by atoms with Crippen molar-refractivity contribution in [3.63, 3.8) is 0 Å². The fourth-order valence-electron chi connectivity index (χ4n) is 3.10. The van der Waals surface area contributed by atoms with Crippen LogP contribution in [0.3, 0.4) is 0 Å². The summed E-state index contributed by atoms with van der Waals surface area (Å²) in [5.74, 6) is -0.412. The van der Waals surface area contributed by atoms with Crippen molar-refractivity contribution in [3.8, 4) is 0 Å². The van der Waals surface area contributed by atoms with Gasteiger partial charge in [0.1, 0.15) is 5.71 Å². The zero-order valence-electron chi connectivity index (χ0n) is 13.9. The Balaban J connectivity index is 1.66. The molecule has 0 radical (unpaired) electrons. The number of rotatable bonds is 3. The van der Waals surface area contributed by atoms with E-state index in [0.717, 1.165) is 24.9 Å². The molecule has 0 aromatic heterocycles. The van der Waals surface area contributed by atoms with E-state index in [9.17, 15) is 9.59 Å². The highest BCUT2D eigenvalue weighted by Gasteiger charge is 2.42. The van der Waals surface area contributed by atoms with Crippen molar-refractivity contribution < 1.29 is 14.4 Å². The Morgan fingerprint density at radius 1 is 1.33 bits per heavy atom. The van der Waals surface area contributed by atoms with Crippen LogP contribution in [0.2, 0.25) is 0 Å². The summed E-state index contributed by atoms with van der Waals surface area (Å²) in [6.07, 6.45) is 2.44. The van der Waals surface area contributed by atoms with Crippen LogP contribution in [0.15, 0.2) is 23.4 Å². The average Bonchev–Trinajstić information content (AvgIpc) is 3.00. The lowest BCUT2D eigenvalue weighted by Gasteiger charge is -2.30. The van der Waals surface area contributed by atoms with Gasteiger partial charge in [-0.25, -0.2) is 0 Å². The number of oxime groups is 1.